The zero-order valence-corrected chi connectivity index (χ0v) is 14.1. The first kappa shape index (κ1) is 15.5. The smallest absolute Gasteiger partial charge is 0.311 e. The zero-order valence-electron chi connectivity index (χ0n) is 13.4. The number of anilines is 1. The molecule has 2 aliphatic heterocycles. The highest BCUT2D eigenvalue weighted by Gasteiger charge is 2.63. The summed E-state index contributed by atoms with van der Waals surface area (Å²) in [6, 6.07) is 5.13. The van der Waals surface area contributed by atoms with E-state index in [1.54, 1.807) is 24.4 Å². The van der Waals surface area contributed by atoms with Gasteiger partial charge in [-0.2, -0.15) is 0 Å². The number of nitrogens with one attached hydrogen (secondary N) is 1. The molecule has 0 saturated heterocycles. The van der Waals surface area contributed by atoms with Crippen LogP contribution < -0.4 is 14.8 Å². The van der Waals surface area contributed by atoms with Crippen LogP contribution in [0.25, 0.3) is 0 Å². The summed E-state index contributed by atoms with van der Waals surface area (Å²) in [7, 11) is 0. The van der Waals surface area contributed by atoms with Gasteiger partial charge >= 0.3 is 5.97 Å². The quantitative estimate of drug-likeness (QED) is 0.859. The Morgan fingerprint density at radius 3 is 3.00 bits per heavy atom. The number of aromatic nitrogens is 1. The van der Waals surface area contributed by atoms with Crippen molar-refractivity contribution in [1.29, 1.82) is 0 Å². The Labute approximate surface area is 152 Å². The van der Waals surface area contributed by atoms with E-state index < -0.39 is 11.9 Å². The molecule has 1 aliphatic carbocycles. The molecule has 3 unspecified atom stereocenters. The molecule has 3 aliphatic rings. The number of pyridine rings is 1. The Hall–Kier alpha value is -2.80. The van der Waals surface area contributed by atoms with Crippen molar-refractivity contribution in [3.05, 3.63) is 40.5 Å². The minimum absolute atomic E-state index is 0.0747. The van der Waals surface area contributed by atoms with Crippen molar-refractivity contribution >= 4 is 29.3 Å². The van der Waals surface area contributed by atoms with Gasteiger partial charge in [-0.05, 0) is 18.6 Å². The van der Waals surface area contributed by atoms with E-state index in [1.165, 1.54) is 0 Å². The van der Waals surface area contributed by atoms with E-state index in [2.05, 4.69) is 10.3 Å². The Balaban J connectivity index is 1.49. The van der Waals surface area contributed by atoms with Gasteiger partial charge in [-0.3, -0.25) is 9.59 Å². The second-order valence-corrected chi connectivity index (χ2v) is 6.99. The number of nitrogens with zero attached hydrogens (tertiary/aromatic N) is 1. The lowest BCUT2D eigenvalue weighted by molar-refractivity contribution is -0.139. The van der Waals surface area contributed by atoms with Gasteiger partial charge in [0.15, 0.2) is 0 Å². The number of carboxylic acid groups (broad SMARTS) is 1. The van der Waals surface area contributed by atoms with Crippen molar-refractivity contribution in [2.24, 2.45) is 5.92 Å². The monoisotopic (exact) mass is 372 g/mol. The molecule has 1 fully saturated rings. The van der Waals surface area contributed by atoms with E-state index in [9.17, 15) is 14.7 Å². The molecule has 26 heavy (non-hydrogen) atoms. The van der Waals surface area contributed by atoms with Gasteiger partial charge in [0.1, 0.15) is 35.1 Å². The van der Waals surface area contributed by atoms with Crippen LogP contribution >= 0.6 is 11.6 Å². The lowest BCUT2D eigenvalue weighted by atomic mass is 10.1. The first-order valence-corrected chi connectivity index (χ1v) is 8.59. The van der Waals surface area contributed by atoms with Gasteiger partial charge in [0.2, 0.25) is 5.91 Å². The molecule has 132 valence electrons. The number of carbonyl (C=O) groups excluding carboxylic acids is 1. The lowest BCUT2D eigenvalue weighted by Crippen LogP contribution is -2.20. The topological polar surface area (TPSA) is 97.8 Å². The molecular formula is C18H13ClN2O5. The van der Waals surface area contributed by atoms with Crippen LogP contribution in [0.15, 0.2) is 24.4 Å². The molecule has 1 amide bonds. The van der Waals surface area contributed by atoms with E-state index >= 15 is 0 Å². The number of rotatable bonds is 3. The van der Waals surface area contributed by atoms with Gasteiger partial charge < -0.3 is 19.9 Å². The Morgan fingerprint density at radius 1 is 1.35 bits per heavy atom. The third kappa shape index (κ3) is 2.24. The number of carboxylic acids is 1. The molecule has 2 N–H and O–H groups in total. The number of carbonyl (C=O) groups is 2. The van der Waals surface area contributed by atoms with E-state index in [0.717, 1.165) is 11.1 Å². The molecule has 1 saturated carbocycles. The van der Waals surface area contributed by atoms with Crippen LogP contribution in [0, 0.1) is 5.92 Å². The zero-order chi connectivity index (χ0) is 18.0. The van der Waals surface area contributed by atoms with Crippen molar-refractivity contribution in [3.63, 3.8) is 0 Å². The van der Waals surface area contributed by atoms with Crippen LogP contribution in [0.4, 0.5) is 5.82 Å². The molecule has 0 spiro atoms. The number of aliphatic carboxylic acids is 1. The first-order valence-electron chi connectivity index (χ1n) is 8.21. The van der Waals surface area contributed by atoms with Gasteiger partial charge in [-0.15, -0.1) is 0 Å². The largest absolute Gasteiger partial charge is 0.488 e. The average molecular weight is 373 g/mol. The fourth-order valence-electron chi connectivity index (χ4n) is 3.70. The predicted octanol–water partition coefficient (Wildman–Crippen LogP) is 2.97. The average Bonchev–Trinajstić information content (AvgIpc) is 3.21. The van der Waals surface area contributed by atoms with Crippen LogP contribution in [0.2, 0.25) is 5.02 Å². The van der Waals surface area contributed by atoms with Crippen LogP contribution in [0.3, 0.4) is 0 Å². The van der Waals surface area contributed by atoms with Crippen molar-refractivity contribution in [2.45, 2.75) is 24.9 Å². The van der Waals surface area contributed by atoms with E-state index in [0.29, 0.717) is 40.9 Å². The summed E-state index contributed by atoms with van der Waals surface area (Å²) in [5.74, 6) is 0.491. The molecule has 3 atom stereocenters. The summed E-state index contributed by atoms with van der Waals surface area (Å²) in [4.78, 5) is 26.9. The highest BCUT2D eigenvalue weighted by Crippen LogP contribution is 2.60. The van der Waals surface area contributed by atoms with Gasteiger partial charge in [-0.25, -0.2) is 4.98 Å². The SMILES string of the molecule is O=C1CCc2c(Oc3cc4c(cc3Cl)OC3C(C(=O)O)C43)ccnc2N1. The molecule has 0 radical (unpaired) electrons. The Morgan fingerprint density at radius 2 is 2.19 bits per heavy atom. The summed E-state index contributed by atoms with van der Waals surface area (Å²) in [5.41, 5.74) is 1.62. The number of halogens is 1. The maximum Gasteiger partial charge on any atom is 0.311 e. The van der Waals surface area contributed by atoms with Gasteiger partial charge in [0, 0.05) is 35.7 Å². The lowest BCUT2D eigenvalue weighted by Gasteiger charge is -2.19. The molecule has 2 aromatic rings. The number of ether oxygens (including phenoxy) is 2. The first-order chi connectivity index (χ1) is 12.5. The minimum atomic E-state index is -0.859. The summed E-state index contributed by atoms with van der Waals surface area (Å²) in [6.45, 7) is 0. The van der Waals surface area contributed by atoms with Gasteiger partial charge in [-0.1, -0.05) is 11.6 Å². The molecular weight excluding hydrogens is 360 g/mol. The molecule has 5 rings (SSSR count). The highest BCUT2D eigenvalue weighted by atomic mass is 35.5. The fraction of sp³-hybridized carbons (Fsp3) is 0.278. The highest BCUT2D eigenvalue weighted by molar-refractivity contribution is 6.32. The summed E-state index contributed by atoms with van der Waals surface area (Å²) in [6.07, 6.45) is 2.13. The van der Waals surface area contributed by atoms with E-state index in [1.807, 2.05) is 0 Å². The molecule has 1 aromatic carbocycles. The summed E-state index contributed by atoms with van der Waals surface area (Å²) >= 11 is 6.32. The second kappa shape index (κ2) is 5.35. The van der Waals surface area contributed by atoms with Crippen molar-refractivity contribution in [1.82, 2.24) is 4.98 Å². The normalized spacial score (nSPS) is 24.7. The molecule has 8 heteroatoms. The van der Waals surface area contributed by atoms with Crippen molar-refractivity contribution < 1.29 is 24.2 Å². The summed E-state index contributed by atoms with van der Waals surface area (Å²) in [5, 5.41) is 12.3. The fourth-order valence-corrected chi connectivity index (χ4v) is 3.90. The van der Waals surface area contributed by atoms with E-state index in [-0.39, 0.29) is 17.9 Å². The number of amides is 1. The number of hydrogen-bond acceptors (Lipinski definition) is 5. The second-order valence-electron chi connectivity index (χ2n) is 6.58. The molecule has 3 heterocycles. The number of hydrogen-bond donors (Lipinski definition) is 2. The van der Waals surface area contributed by atoms with Crippen molar-refractivity contribution in [3.8, 4) is 17.2 Å². The number of fused-ring (bicyclic) bond motifs is 4. The molecule has 1 aromatic heterocycles. The third-order valence-corrected chi connectivity index (χ3v) is 5.31. The maximum absolute atomic E-state index is 11.5. The van der Waals surface area contributed by atoms with Gasteiger partial charge in [0.05, 0.1) is 5.02 Å². The van der Waals surface area contributed by atoms with Crippen LogP contribution in [0.1, 0.15) is 23.5 Å². The number of benzene rings is 1. The standard InChI is InChI=1S/C18H13ClN2O5/c19-9-6-11-8(14-15(18(23)24)16(14)26-11)5-12(9)25-10-3-4-20-17-7(10)1-2-13(22)21-17/h3-6,14-16H,1-2H2,(H,23,24)(H,20,21,22). The van der Waals surface area contributed by atoms with Crippen LogP contribution in [-0.2, 0) is 16.0 Å². The van der Waals surface area contributed by atoms with Crippen LogP contribution in [-0.4, -0.2) is 28.1 Å². The maximum atomic E-state index is 11.5. The summed E-state index contributed by atoms with van der Waals surface area (Å²) < 4.78 is 11.7. The van der Waals surface area contributed by atoms with Gasteiger partial charge in [0.25, 0.3) is 0 Å². The molecule has 0 bridgehead atoms. The molecule has 7 nitrogen and oxygen atoms in total. The Kier molecular flexibility index (Phi) is 3.18. The minimum Gasteiger partial charge on any atom is -0.488 e. The van der Waals surface area contributed by atoms with Crippen molar-refractivity contribution in [2.75, 3.05) is 5.32 Å². The third-order valence-electron chi connectivity index (χ3n) is 5.02. The van der Waals surface area contributed by atoms with E-state index in [4.69, 9.17) is 21.1 Å². The Bertz CT molecular complexity index is 976. The predicted molar refractivity (Wildman–Crippen MR) is 91.0 cm³/mol. The van der Waals surface area contributed by atoms with Crippen LogP contribution in [0.5, 0.6) is 17.2 Å².